The van der Waals surface area contributed by atoms with E-state index < -0.39 is 27.8 Å². The molecule has 1 unspecified atom stereocenters. The Morgan fingerprint density at radius 1 is 1.40 bits per heavy atom. The summed E-state index contributed by atoms with van der Waals surface area (Å²) >= 11 is 0. The molecule has 1 amide bonds. The molecule has 0 spiro atoms. The molecule has 1 aromatic carbocycles. The fourth-order valence-corrected chi connectivity index (χ4v) is 2.70. The topological polar surface area (TPSA) is 89.7 Å². The van der Waals surface area contributed by atoms with Crippen LogP contribution in [0.15, 0.2) is 24.3 Å². The number of carbonyl (C=O) groups is 1. The fraction of sp³-hybridized carbons (Fsp3) is 0.364. The number of halogens is 2. The molecule has 0 radical (unpaired) electrons. The summed E-state index contributed by atoms with van der Waals surface area (Å²) in [6.07, 6.45) is -0.223. The van der Waals surface area contributed by atoms with E-state index in [0.717, 1.165) is 0 Å². The SMILES string of the molecule is NS(=O)(=O)C1CC(=O)N(c2cccc(OC(F)F)c2)C1. The van der Waals surface area contributed by atoms with E-state index in [4.69, 9.17) is 5.14 Å². The van der Waals surface area contributed by atoms with Gasteiger partial charge in [-0.1, -0.05) is 6.07 Å². The number of ether oxygens (including phenoxy) is 1. The average Bonchev–Trinajstić information content (AvgIpc) is 2.70. The molecule has 110 valence electrons. The van der Waals surface area contributed by atoms with Gasteiger partial charge in [0, 0.05) is 24.7 Å². The van der Waals surface area contributed by atoms with Crippen LogP contribution in [0.2, 0.25) is 0 Å². The number of amides is 1. The highest BCUT2D eigenvalue weighted by Crippen LogP contribution is 2.27. The van der Waals surface area contributed by atoms with Gasteiger partial charge in [0.25, 0.3) is 0 Å². The van der Waals surface area contributed by atoms with Crippen molar-refractivity contribution in [1.29, 1.82) is 0 Å². The van der Waals surface area contributed by atoms with Gasteiger partial charge < -0.3 is 9.64 Å². The first kappa shape index (κ1) is 14.7. The van der Waals surface area contributed by atoms with Gasteiger partial charge in [0.2, 0.25) is 15.9 Å². The van der Waals surface area contributed by atoms with Gasteiger partial charge in [-0.2, -0.15) is 8.78 Å². The molecular formula is C11H12F2N2O4S. The summed E-state index contributed by atoms with van der Waals surface area (Å²) in [4.78, 5) is 13.0. The number of alkyl halides is 2. The Kier molecular flexibility index (Phi) is 3.91. The second kappa shape index (κ2) is 5.33. The molecule has 0 saturated carbocycles. The van der Waals surface area contributed by atoms with Crippen LogP contribution in [-0.4, -0.2) is 32.7 Å². The Balaban J connectivity index is 2.22. The van der Waals surface area contributed by atoms with E-state index in [2.05, 4.69) is 4.74 Å². The average molecular weight is 306 g/mol. The summed E-state index contributed by atoms with van der Waals surface area (Å²) in [5, 5.41) is 4.02. The molecule has 1 aromatic rings. The van der Waals surface area contributed by atoms with E-state index in [-0.39, 0.29) is 18.7 Å². The van der Waals surface area contributed by atoms with Gasteiger partial charge in [-0.25, -0.2) is 13.6 Å². The molecule has 20 heavy (non-hydrogen) atoms. The van der Waals surface area contributed by atoms with Crippen LogP contribution in [0.3, 0.4) is 0 Å². The lowest BCUT2D eigenvalue weighted by Crippen LogP contribution is -2.32. The van der Waals surface area contributed by atoms with Gasteiger partial charge in [0.1, 0.15) is 11.0 Å². The van der Waals surface area contributed by atoms with Crippen LogP contribution in [0, 0.1) is 0 Å². The number of sulfonamides is 1. The Labute approximate surface area is 114 Å². The number of nitrogens with zero attached hydrogens (tertiary/aromatic N) is 1. The molecule has 1 aliphatic heterocycles. The Morgan fingerprint density at radius 2 is 2.10 bits per heavy atom. The molecule has 1 atom stereocenters. The minimum atomic E-state index is -3.82. The van der Waals surface area contributed by atoms with Crippen LogP contribution in [0.25, 0.3) is 0 Å². The molecule has 0 aromatic heterocycles. The molecule has 2 rings (SSSR count). The maximum atomic E-state index is 12.1. The molecule has 2 N–H and O–H groups in total. The Hall–Kier alpha value is -1.74. The van der Waals surface area contributed by atoms with Crippen LogP contribution in [0.4, 0.5) is 14.5 Å². The number of rotatable bonds is 4. The van der Waals surface area contributed by atoms with Gasteiger partial charge >= 0.3 is 6.61 Å². The van der Waals surface area contributed by atoms with Crippen molar-refractivity contribution in [2.75, 3.05) is 11.4 Å². The number of hydrogen-bond donors (Lipinski definition) is 1. The van der Waals surface area contributed by atoms with Gasteiger partial charge in [0.15, 0.2) is 0 Å². The summed E-state index contributed by atoms with van der Waals surface area (Å²) in [7, 11) is -3.82. The summed E-state index contributed by atoms with van der Waals surface area (Å²) in [6, 6.07) is 5.50. The lowest BCUT2D eigenvalue weighted by atomic mass is 10.3. The zero-order valence-electron chi connectivity index (χ0n) is 10.2. The van der Waals surface area contributed by atoms with Gasteiger partial charge in [-0.3, -0.25) is 4.79 Å². The third kappa shape index (κ3) is 3.23. The molecule has 1 saturated heterocycles. The first-order chi connectivity index (χ1) is 9.27. The fourth-order valence-electron chi connectivity index (χ4n) is 1.97. The lowest BCUT2D eigenvalue weighted by molar-refractivity contribution is -0.117. The monoisotopic (exact) mass is 306 g/mol. The molecule has 0 aliphatic carbocycles. The Bertz CT molecular complexity index is 621. The smallest absolute Gasteiger partial charge is 0.387 e. The zero-order chi connectivity index (χ0) is 14.9. The normalized spacial score (nSPS) is 19.7. The van der Waals surface area contributed by atoms with Gasteiger partial charge in [-0.05, 0) is 12.1 Å². The number of primary sulfonamides is 1. The zero-order valence-corrected chi connectivity index (χ0v) is 11.0. The maximum Gasteiger partial charge on any atom is 0.387 e. The minimum Gasteiger partial charge on any atom is -0.435 e. The van der Waals surface area contributed by atoms with Crippen LogP contribution < -0.4 is 14.8 Å². The lowest BCUT2D eigenvalue weighted by Gasteiger charge is -2.17. The highest BCUT2D eigenvalue weighted by molar-refractivity contribution is 7.89. The molecular weight excluding hydrogens is 294 g/mol. The molecule has 1 aliphatic rings. The van der Waals surface area contributed by atoms with Gasteiger partial charge in [-0.15, -0.1) is 0 Å². The minimum absolute atomic E-state index is 0.101. The van der Waals surface area contributed by atoms with E-state index in [1.165, 1.54) is 29.2 Å². The van der Waals surface area contributed by atoms with Gasteiger partial charge in [0.05, 0.1) is 0 Å². The molecule has 0 bridgehead atoms. The van der Waals surface area contributed by atoms with Crippen molar-refractivity contribution < 1.29 is 26.7 Å². The summed E-state index contributed by atoms with van der Waals surface area (Å²) in [6.45, 7) is -3.08. The van der Waals surface area contributed by atoms with Crippen LogP contribution in [0.5, 0.6) is 5.75 Å². The van der Waals surface area contributed by atoms with Crippen LogP contribution in [-0.2, 0) is 14.8 Å². The molecule has 9 heteroatoms. The van der Waals surface area contributed by atoms with Crippen molar-refractivity contribution in [2.45, 2.75) is 18.3 Å². The quantitative estimate of drug-likeness (QED) is 0.886. The molecule has 6 nitrogen and oxygen atoms in total. The van der Waals surface area contributed by atoms with E-state index in [1.54, 1.807) is 0 Å². The maximum absolute atomic E-state index is 12.1. The van der Waals surface area contributed by atoms with Crippen molar-refractivity contribution in [1.82, 2.24) is 0 Å². The summed E-state index contributed by atoms with van der Waals surface area (Å²) in [5.41, 5.74) is 0.291. The molecule has 1 heterocycles. The third-order valence-electron chi connectivity index (χ3n) is 2.91. The van der Waals surface area contributed by atoms with Crippen molar-refractivity contribution in [3.8, 4) is 5.75 Å². The highest BCUT2D eigenvalue weighted by Gasteiger charge is 2.37. The first-order valence-electron chi connectivity index (χ1n) is 5.64. The standard InChI is InChI=1S/C11H12F2N2O4S/c12-11(13)19-8-3-1-2-7(4-8)15-6-9(5-10(15)16)20(14,17)18/h1-4,9,11H,5-6H2,(H2,14,17,18). The largest absolute Gasteiger partial charge is 0.435 e. The third-order valence-corrected chi connectivity index (χ3v) is 4.15. The number of hydrogen-bond acceptors (Lipinski definition) is 4. The molecule has 1 fully saturated rings. The number of carbonyl (C=O) groups excluding carboxylic acids is 1. The van der Waals surface area contributed by atoms with E-state index >= 15 is 0 Å². The van der Waals surface area contributed by atoms with E-state index in [9.17, 15) is 22.0 Å². The summed E-state index contributed by atoms with van der Waals surface area (Å²) < 4.78 is 51.0. The Morgan fingerprint density at radius 3 is 2.65 bits per heavy atom. The second-order valence-electron chi connectivity index (χ2n) is 4.30. The van der Waals surface area contributed by atoms with Crippen molar-refractivity contribution in [3.05, 3.63) is 24.3 Å². The number of benzene rings is 1. The van der Waals surface area contributed by atoms with Crippen molar-refractivity contribution >= 4 is 21.6 Å². The van der Waals surface area contributed by atoms with E-state index in [0.29, 0.717) is 5.69 Å². The number of anilines is 1. The van der Waals surface area contributed by atoms with Crippen LogP contribution >= 0.6 is 0 Å². The number of nitrogens with two attached hydrogens (primary N) is 1. The second-order valence-corrected chi connectivity index (χ2v) is 6.14. The first-order valence-corrected chi connectivity index (χ1v) is 7.25. The highest BCUT2D eigenvalue weighted by atomic mass is 32.2. The predicted octanol–water partition coefficient (Wildman–Crippen LogP) is 0.682. The van der Waals surface area contributed by atoms with Crippen molar-refractivity contribution in [3.63, 3.8) is 0 Å². The predicted molar refractivity (Wildman–Crippen MR) is 66.9 cm³/mol. The van der Waals surface area contributed by atoms with E-state index in [1.807, 2.05) is 0 Å². The summed E-state index contributed by atoms with van der Waals surface area (Å²) in [5.74, 6) is -0.539. The van der Waals surface area contributed by atoms with Crippen LogP contribution in [0.1, 0.15) is 6.42 Å². The van der Waals surface area contributed by atoms with Crippen molar-refractivity contribution in [2.24, 2.45) is 5.14 Å².